The van der Waals surface area contributed by atoms with E-state index in [1.54, 1.807) is 0 Å². The topological polar surface area (TPSA) is 34.6 Å². The van der Waals surface area contributed by atoms with Crippen molar-refractivity contribution in [2.45, 2.75) is 39.2 Å². The van der Waals surface area contributed by atoms with Crippen LogP contribution in [0.2, 0.25) is 0 Å². The summed E-state index contributed by atoms with van der Waals surface area (Å²) in [6.07, 6.45) is 2.27. The number of nitrogens with zero attached hydrogens (tertiary/aromatic N) is 2. The first kappa shape index (κ1) is 19.7. The van der Waals surface area contributed by atoms with E-state index in [0.717, 1.165) is 54.9 Å². The van der Waals surface area contributed by atoms with Crippen LogP contribution in [0.5, 0.6) is 11.5 Å². The van der Waals surface area contributed by atoms with Crippen LogP contribution in [-0.4, -0.2) is 36.2 Å². The fourth-order valence-electron chi connectivity index (χ4n) is 4.06. The molecule has 0 aliphatic carbocycles. The number of fused-ring (bicyclic) bond motifs is 1. The SMILES string of the molecule is CCOc1ccc(CN2CCC(c3c[c]c4ccccc4n3)CC2)cc1OCC. The molecule has 0 unspecified atom stereocenters. The molecule has 4 rings (SSSR count). The van der Waals surface area contributed by atoms with Crippen LogP contribution >= 0.6 is 0 Å². The summed E-state index contributed by atoms with van der Waals surface area (Å²) in [5, 5.41) is 1.09. The van der Waals surface area contributed by atoms with Gasteiger partial charge in [0.15, 0.2) is 11.5 Å². The van der Waals surface area contributed by atoms with E-state index in [-0.39, 0.29) is 0 Å². The molecule has 4 nitrogen and oxygen atoms in total. The fraction of sp³-hybridized carbons (Fsp3) is 0.400. The summed E-state index contributed by atoms with van der Waals surface area (Å²) in [6.45, 7) is 8.39. The second kappa shape index (κ2) is 9.27. The zero-order valence-corrected chi connectivity index (χ0v) is 17.4. The van der Waals surface area contributed by atoms with Crippen molar-refractivity contribution in [2.24, 2.45) is 0 Å². The number of aromatic nitrogens is 1. The third kappa shape index (κ3) is 4.70. The molecule has 3 aromatic rings. The number of pyridine rings is 1. The number of rotatable bonds is 7. The highest BCUT2D eigenvalue weighted by Crippen LogP contribution is 2.31. The van der Waals surface area contributed by atoms with Crippen molar-refractivity contribution in [1.29, 1.82) is 0 Å². The smallest absolute Gasteiger partial charge is 0.161 e. The average Bonchev–Trinajstić information content (AvgIpc) is 2.76. The predicted molar refractivity (Wildman–Crippen MR) is 117 cm³/mol. The molecule has 151 valence electrons. The molecule has 2 heterocycles. The lowest BCUT2D eigenvalue weighted by Gasteiger charge is -2.32. The Morgan fingerprint density at radius 3 is 2.55 bits per heavy atom. The van der Waals surface area contributed by atoms with E-state index in [1.165, 1.54) is 11.3 Å². The Balaban J connectivity index is 1.38. The van der Waals surface area contributed by atoms with Crippen molar-refractivity contribution in [3.05, 3.63) is 65.9 Å². The van der Waals surface area contributed by atoms with Gasteiger partial charge in [-0.3, -0.25) is 9.88 Å². The molecule has 0 spiro atoms. The zero-order chi connectivity index (χ0) is 20.1. The van der Waals surface area contributed by atoms with Gasteiger partial charge in [-0.2, -0.15) is 0 Å². The lowest BCUT2D eigenvalue weighted by Crippen LogP contribution is -2.32. The second-order valence-corrected chi connectivity index (χ2v) is 7.54. The highest BCUT2D eigenvalue weighted by molar-refractivity contribution is 5.77. The van der Waals surface area contributed by atoms with E-state index in [0.29, 0.717) is 19.1 Å². The Kier molecular flexibility index (Phi) is 6.30. The van der Waals surface area contributed by atoms with E-state index in [4.69, 9.17) is 14.5 Å². The van der Waals surface area contributed by atoms with Crippen LogP contribution in [0.15, 0.2) is 48.5 Å². The van der Waals surface area contributed by atoms with Gasteiger partial charge in [-0.05, 0) is 75.7 Å². The van der Waals surface area contributed by atoms with Gasteiger partial charge in [0.05, 0.1) is 18.7 Å². The molecule has 1 aliphatic rings. The minimum absolute atomic E-state index is 0.520. The summed E-state index contributed by atoms with van der Waals surface area (Å²) in [7, 11) is 0. The van der Waals surface area contributed by atoms with Crippen LogP contribution in [-0.2, 0) is 6.54 Å². The number of para-hydroxylation sites is 1. The summed E-state index contributed by atoms with van der Waals surface area (Å²) in [4.78, 5) is 7.41. The van der Waals surface area contributed by atoms with E-state index in [1.807, 2.05) is 32.0 Å². The lowest BCUT2D eigenvalue weighted by atomic mass is 9.92. The highest BCUT2D eigenvalue weighted by atomic mass is 16.5. The minimum Gasteiger partial charge on any atom is -0.490 e. The highest BCUT2D eigenvalue weighted by Gasteiger charge is 2.22. The maximum absolute atomic E-state index is 5.77. The molecule has 2 aromatic carbocycles. The number of hydrogen-bond acceptors (Lipinski definition) is 4. The molecular formula is C25H29N2O2. The van der Waals surface area contributed by atoms with Crippen molar-refractivity contribution in [2.75, 3.05) is 26.3 Å². The zero-order valence-electron chi connectivity index (χ0n) is 17.4. The first-order valence-electron chi connectivity index (χ1n) is 10.6. The molecule has 0 amide bonds. The van der Waals surface area contributed by atoms with Crippen LogP contribution in [0.3, 0.4) is 0 Å². The first-order valence-corrected chi connectivity index (χ1v) is 10.6. The Morgan fingerprint density at radius 1 is 1.00 bits per heavy atom. The van der Waals surface area contributed by atoms with Gasteiger partial charge in [0, 0.05) is 23.5 Å². The molecule has 4 heteroatoms. The molecule has 0 atom stereocenters. The fourth-order valence-corrected chi connectivity index (χ4v) is 4.06. The third-order valence-corrected chi connectivity index (χ3v) is 5.55. The predicted octanol–water partition coefficient (Wildman–Crippen LogP) is 5.21. The maximum atomic E-state index is 5.77. The standard InChI is InChI=1S/C25H29N2O2/c1-3-28-24-12-9-19(17-25(24)29-4-2)18-27-15-13-21(14-16-27)23-11-10-20-7-5-6-8-22(20)26-23/h5-9,11-12,17,21H,3-4,13-16,18H2,1-2H3. The van der Waals surface area contributed by atoms with Crippen molar-refractivity contribution in [1.82, 2.24) is 9.88 Å². The lowest BCUT2D eigenvalue weighted by molar-refractivity contribution is 0.203. The molecule has 1 aromatic heterocycles. The molecule has 29 heavy (non-hydrogen) atoms. The minimum atomic E-state index is 0.520. The van der Waals surface area contributed by atoms with Crippen molar-refractivity contribution < 1.29 is 9.47 Å². The van der Waals surface area contributed by atoms with E-state index < -0.39 is 0 Å². The molecule has 1 saturated heterocycles. The summed E-state index contributed by atoms with van der Waals surface area (Å²) < 4.78 is 11.5. The average molecular weight is 390 g/mol. The molecule has 0 saturated carbocycles. The van der Waals surface area contributed by atoms with Gasteiger partial charge >= 0.3 is 0 Å². The summed E-state index contributed by atoms with van der Waals surface area (Å²) in [5.41, 5.74) is 3.50. The summed E-state index contributed by atoms with van der Waals surface area (Å²) in [6, 6.07) is 20.0. The van der Waals surface area contributed by atoms with Crippen LogP contribution in [0.1, 0.15) is 43.9 Å². The van der Waals surface area contributed by atoms with E-state index in [2.05, 4.69) is 41.3 Å². The van der Waals surface area contributed by atoms with Crippen molar-refractivity contribution >= 4 is 10.9 Å². The second-order valence-electron chi connectivity index (χ2n) is 7.54. The van der Waals surface area contributed by atoms with Crippen LogP contribution in [0.4, 0.5) is 0 Å². The van der Waals surface area contributed by atoms with Gasteiger partial charge in [0.2, 0.25) is 0 Å². The van der Waals surface area contributed by atoms with Gasteiger partial charge in [0.25, 0.3) is 0 Å². The van der Waals surface area contributed by atoms with E-state index in [9.17, 15) is 0 Å². The Hall–Kier alpha value is -2.59. The molecular weight excluding hydrogens is 360 g/mol. The Labute approximate surface area is 173 Å². The first-order chi connectivity index (χ1) is 14.3. The number of ether oxygens (including phenoxy) is 2. The third-order valence-electron chi connectivity index (χ3n) is 5.55. The van der Waals surface area contributed by atoms with Crippen LogP contribution in [0.25, 0.3) is 10.9 Å². The molecule has 0 bridgehead atoms. The quantitative estimate of drug-likeness (QED) is 0.555. The van der Waals surface area contributed by atoms with Crippen molar-refractivity contribution in [3.63, 3.8) is 0 Å². The van der Waals surface area contributed by atoms with Gasteiger partial charge in [-0.1, -0.05) is 24.3 Å². The maximum Gasteiger partial charge on any atom is 0.161 e. The van der Waals surface area contributed by atoms with E-state index >= 15 is 0 Å². The largest absolute Gasteiger partial charge is 0.490 e. The monoisotopic (exact) mass is 389 g/mol. The number of benzene rings is 2. The molecule has 1 fully saturated rings. The van der Waals surface area contributed by atoms with Crippen LogP contribution in [0, 0.1) is 6.07 Å². The van der Waals surface area contributed by atoms with Gasteiger partial charge in [-0.25, -0.2) is 0 Å². The molecule has 1 radical (unpaired) electrons. The summed E-state index contributed by atoms with van der Waals surface area (Å²) in [5.74, 6) is 2.19. The van der Waals surface area contributed by atoms with Crippen LogP contribution < -0.4 is 9.47 Å². The Morgan fingerprint density at radius 2 is 1.76 bits per heavy atom. The number of hydrogen-bond donors (Lipinski definition) is 0. The number of likely N-dealkylation sites (tertiary alicyclic amines) is 1. The molecule has 1 aliphatic heterocycles. The normalized spacial score (nSPS) is 15.5. The number of piperidine rings is 1. The molecule has 0 N–H and O–H groups in total. The van der Waals surface area contributed by atoms with Gasteiger partial charge in [0.1, 0.15) is 0 Å². The van der Waals surface area contributed by atoms with Crippen molar-refractivity contribution in [3.8, 4) is 11.5 Å². The van der Waals surface area contributed by atoms with Gasteiger partial charge in [-0.15, -0.1) is 0 Å². The Bertz CT molecular complexity index is 948. The summed E-state index contributed by atoms with van der Waals surface area (Å²) >= 11 is 0. The van der Waals surface area contributed by atoms with Gasteiger partial charge < -0.3 is 9.47 Å².